The molecule has 1 saturated heterocycles. The lowest BCUT2D eigenvalue weighted by molar-refractivity contribution is 0.0747. The second kappa shape index (κ2) is 3.87. The number of nitrogens with one attached hydrogen (secondary N) is 1. The van der Waals surface area contributed by atoms with Crippen LogP contribution in [0.3, 0.4) is 0 Å². The molecule has 1 amide bonds. The minimum Gasteiger partial charge on any atom is -0.336 e. The molecule has 0 saturated carbocycles. The minimum atomic E-state index is 0.131. The molecule has 1 fully saturated rings. The van der Waals surface area contributed by atoms with E-state index >= 15 is 0 Å². The highest BCUT2D eigenvalue weighted by Crippen LogP contribution is 2.21. The maximum Gasteiger partial charge on any atom is 0.254 e. The van der Waals surface area contributed by atoms with Gasteiger partial charge in [-0.1, -0.05) is 6.07 Å². The molecule has 1 aliphatic heterocycles. The van der Waals surface area contributed by atoms with Crippen LogP contribution in [0.4, 0.5) is 0 Å². The molecule has 4 nitrogen and oxygen atoms in total. The molecule has 1 atom stereocenters. The molecule has 0 radical (unpaired) electrons. The number of carbonyl (C=O) groups is 1. The highest BCUT2D eigenvalue weighted by Gasteiger charge is 2.25. The van der Waals surface area contributed by atoms with Crippen molar-refractivity contribution in [2.24, 2.45) is 0 Å². The zero-order valence-corrected chi connectivity index (χ0v) is 9.81. The van der Waals surface area contributed by atoms with Crippen LogP contribution < -0.4 is 0 Å². The van der Waals surface area contributed by atoms with Crippen molar-refractivity contribution in [2.75, 3.05) is 6.54 Å². The van der Waals surface area contributed by atoms with Gasteiger partial charge in [-0.05, 0) is 31.9 Å². The number of fused-ring (bicyclic) bond motifs is 1. The Morgan fingerprint density at radius 2 is 2.41 bits per heavy atom. The van der Waals surface area contributed by atoms with Crippen molar-refractivity contribution in [3.8, 4) is 0 Å². The number of amides is 1. The Balaban J connectivity index is 1.94. The van der Waals surface area contributed by atoms with Gasteiger partial charge in [-0.25, -0.2) is 0 Å². The second-order valence-corrected chi connectivity index (χ2v) is 4.66. The van der Waals surface area contributed by atoms with Crippen LogP contribution in [0, 0.1) is 0 Å². The Hall–Kier alpha value is -1.84. The molecule has 4 heteroatoms. The maximum absolute atomic E-state index is 12.3. The Labute approximate surface area is 99.6 Å². The lowest BCUT2D eigenvalue weighted by atomic mass is 10.1. The Morgan fingerprint density at radius 3 is 3.18 bits per heavy atom. The number of nitrogens with zero attached hydrogens (tertiary/aromatic N) is 2. The fourth-order valence-electron chi connectivity index (χ4n) is 2.47. The first-order chi connectivity index (χ1) is 8.25. The van der Waals surface area contributed by atoms with Crippen molar-refractivity contribution >= 4 is 16.8 Å². The summed E-state index contributed by atoms with van der Waals surface area (Å²) >= 11 is 0. The predicted octanol–water partition coefficient (Wildman–Crippen LogP) is 2.19. The molecule has 2 aromatic rings. The van der Waals surface area contributed by atoms with Gasteiger partial charge in [0.1, 0.15) is 0 Å². The Bertz CT molecular complexity index is 561. The van der Waals surface area contributed by atoms with Crippen LogP contribution in [-0.4, -0.2) is 33.6 Å². The zero-order chi connectivity index (χ0) is 11.8. The zero-order valence-electron chi connectivity index (χ0n) is 9.81. The molecule has 0 aliphatic carbocycles. The van der Waals surface area contributed by atoms with E-state index in [1.54, 1.807) is 6.20 Å². The summed E-state index contributed by atoms with van der Waals surface area (Å²) in [6, 6.07) is 6.06. The standard InChI is InChI=1S/C13H15N3O/c1-9-3-2-6-16(9)13(17)10-4-5-11-8-14-15-12(11)7-10/h4-5,7-9H,2-3,6H2,1H3,(H,14,15). The molecule has 1 aliphatic rings. The summed E-state index contributed by atoms with van der Waals surface area (Å²) in [6.45, 7) is 2.99. The number of carbonyl (C=O) groups excluding carboxylic acids is 1. The summed E-state index contributed by atoms with van der Waals surface area (Å²) in [6.07, 6.45) is 3.99. The van der Waals surface area contributed by atoms with Crippen molar-refractivity contribution in [3.05, 3.63) is 30.0 Å². The van der Waals surface area contributed by atoms with Crippen molar-refractivity contribution in [1.29, 1.82) is 0 Å². The normalized spacial score (nSPS) is 20.1. The molecule has 88 valence electrons. The summed E-state index contributed by atoms with van der Waals surface area (Å²) in [7, 11) is 0. The predicted molar refractivity (Wildman–Crippen MR) is 65.8 cm³/mol. The average Bonchev–Trinajstić information content (AvgIpc) is 2.95. The van der Waals surface area contributed by atoms with Crippen molar-refractivity contribution in [1.82, 2.24) is 15.1 Å². The largest absolute Gasteiger partial charge is 0.336 e. The van der Waals surface area contributed by atoms with E-state index in [4.69, 9.17) is 0 Å². The number of aromatic amines is 1. The van der Waals surface area contributed by atoms with Crippen molar-refractivity contribution < 1.29 is 4.79 Å². The maximum atomic E-state index is 12.3. The number of hydrogen-bond donors (Lipinski definition) is 1. The number of rotatable bonds is 1. The van der Waals surface area contributed by atoms with E-state index in [9.17, 15) is 4.79 Å². The van der Waals surface area contributed by atoms with E-state index in [0.29, 0.717) is 6.04 Å². The van der Waals surface area contributed by atoms with Gasteiger partial charge in [-0.15, -0.1) is 0 Å². The van der Waals surface area contributed by atoms with Gasteiger partial charge < -0.3 is 4.90 Å². The van der Waals surface area contributed by atoms with Crippen LogP contribution in [0.1, 0.15) is 30.1 Å². The summed E-state index contributed by atoms with van der Waals surface area (Å²) in [5.41, 5.74) is 1.67. The van der Waals surface area contributed by atoms with E-state index < -0.39 is 0 Å². The van der Waals surface area contributed by atoms with Gasteiger partial charge in [-0.3, -0.25) is 9.89 Å². The van der Waals surface area contributed by atoms with Crippen LogP contribution in [0.5, 0.6) is 0 Å². The first-order valence-electron chi connectivity index (χ1n) is 6.00. The van der Waals surface area contributed by atoms with Crippen LogP contribution in [0.2, 0.25) is 0 Å². The molecule has 0 spiro atoms. The van der Waals surface area contributed by atoms with Crippen LogP contribution in [0.25, 0.3) is 10.9 Å². The minimum absolute atomic E-state index is 0.131. The number of aromatic nitrogens is 2. The highest BCUT2D eigenvalue weighted by atomic mass is 16.2. The third-order valence-corrected chi connectivity index (χ3v) is 3.50. The molecule has 17 heavy (non-hydrogen) atoms. The van der Waals surface area contributed by atoms with Gasteiger partial charge in [0.25, 0.3) is 5.91 Å². The Morgan fingerprint density at radius 1 is 1.53 bits per heavy atom. The van der Waals surface area contributed by atoms with Gasteiger partial charge in [0.15, 0.2) is 0 Å². The van der Waals surface area contributed by atoms with E-state index in [-0.39, 0.29) is 5.91 Å². The molecular weight excluding hydrogens is 214 g/mol. The van der Waals surface area contributed by atoms with E-state index in [1.165, 1.54) is 0 Å². The fourth-order valence-corrected chi connectivity index (χ4v) is 2.47. The molecular formula is C13H15N3O. The van der Waals surface area contributed by atoms with Crippen LogP contribution in [-0.2, 0) is 0 Å². The topological polar surface area (TPSA) is 49.0 Å². The lowest BCUT2D eigenvalue weighted by Crippen LogP contribution is -2.33. The number of H-pyrrole nitrogens is 1. The van der Waals surface area contributed by atoms with E-state index in [0.717, 1.165) is 35.9 Å². The average molecular weight is 229 g/mol. The van der Waals surface area contributed by atoms with Crippen LogP contribution in [0.15, 0.2) is 24.4 Å². The van der Waals surface area contributed by atoms with Crippen LogP contribution >= 0.6 is 0 Å². The number of hydrogen-bond acceptors (Lipinski definition) is 2. The monoisotopic (exact) mass is 229 g/mol. The van der Waals surface area contributed by atoms with Gasteiger partial charge in [-0.2, -0.15) is 5.10 Å². The van der Waals surface area contributed by atoms with Gasteiger partial charge >= 0.3 is 0 Å². The van der Waals surface area contributed by atoms with Gasteiger partial charge in [0.05, 0.1) is 11.7 Å². The Kier molecular flexibility index (Phi) is 2.35. The number of benzene rings is 1. The molecule has 0 bridgehead atoms. The summed E-state index contributed by atoms with van der Waals surface area (Å²) in [5, 5.41) is 7.90. The quantitative estimate of drug-likeness (QED) is 0.814. The molecule has 3 rings (SSSR count). The molecule has 1 N–H and O–H groups in total. The third-order valence-electron chi connectivity index (χ3n) is 3.50. The molecule has 2 heterocycles. The third kappa shape index (κ3) is 1.69. The van der Waals surface area contributed by atoms with Crippen molar-refractivity contribution in [2.45, 2.75) is 25.8 Å². The molecule has 1 unspecified atom stereocenters. The molecule has 1 aromatic carbocycles. The summed E-state index contributed by atoms with van der Waals surface area (Å²) < 4.78 is 0. The highest BCUT2D eigenvalue weighted by molar-refractivity contribution is 5.98. The first-order valence-corrected chi connectivity index (χ1v) is 6.00. The lowest BCUT2D eigenvalue weighted by Gasteiger charge is -2.21. The summed E-state index contributed by atoms with van der Waals surface area (Å²) in [5.74, 6) is 0.131. The number of likely N-dealkylation sites (tertiary alicyclic amines) is 1. The van der Waals surface area contributed by atoms with E-state index in [2.05, 4.69) is 17.1 Å². The fraction of sp³-hybridized carbons (Fsp3) is 0.385. The SMILES string of the molecule is CC1CCCN1C(=O)c1ccc2cn[nH]c2c1. The summed E-state index contributed by atoms with van der Waals surface area (Å²) in [4.78, 5) is 14.3. The smallest absolute Gasteiger partial charge is 0.254 e. The first kappa shape index (κ1) is 10.3. The second-order valence-electron chi connectivity index (χ2n) is 4.66. The van der Waals surface area contributed by atoms with Gasteiger partial charge in [0.2, 0.25) is 0 Å². The van der Waals surface area contributed by atoms with E-state index in [1.807, 2.05) is 23.1 Å². The molecule has 1 aromatic heterocycles. The van der Waals surface area contributed by atoms with Gasteiger partial charge in [0, 0.05) is 23.5 Å². The van der Waals surface area contributed by atoms with Crippen molar-refractivity contribution in [3.63, 3.8) is 0 Å².